The Kier molecular flexibility index (Phi) is 7.46. The monoisotopic (exact) mass is 230 g/mol. The molecule has 0 heterocycles. The Morgan fingerprint density at radius 2 is 0.938 bits per heavy atom. The van der Waals surface area contributed by atoms with Crippen molar-refractivity contribution in [2.45, 2.75) is 41.5 Å². The van der Waals surface area contributed by atoms with Gasteiger partial charge >= 0.3 is 0 Å². The van der Waals surface area contributed by atoms with E-state index in [2.05, 4.69) is 0 Å². The van der Waals surface area contributed by atoms with Crippen LogP contribution in [0.2, 0.25) is 0 Å². The maximum atomic E-state index is 10.7. The zero-order valence-corrected chi connectivity index (χ0v) is 11.4. The molecule has 4 nitrogen and oxygen atoms in total. The van der Waals surface area contributed by atoms with Crippen LogP contribution in [0, 0.1) is 10.8 Å². The molecular formula is C12H26N2O2. The minimum Gasteiger partial charge on any atom is -0.324 e. The van der Waals surface area contributed by atoms with Crippen molar-refractivity contribution in [2.75, 3.05) is 13.1 Å². The van der Waals surface area contributed by atoms with Gasteiger partial charge in [0.1, 0.15) is 0 Å². The standard InChI is InChI=1S/2C6H13NO/c2*1-6(2,3)5(8)4-7/h2*4,7H2,1-3H3. The Hall–Kier alpha value is -0.740. The highest BCUT2D eigenvalue weighted by atomic mass is 16.1. The van der Waals surface area contributed by atoms with E-state index in [9.17, 15) is 9.59 Å². The number of rotatable bonds is 2. The molecule has 96 valence electrons. The van der Waals surface area contributed by atoms with Crippen LogP contribution < -0.4 is 11.5 Å². The predicted octanol–water partition coefficient (Wildman–Crippen LogP) is 1.12. The van der Waals surface area contributed by atoms with Crippen LogP contribution in [0.3, 0.4) is 0 Å². The SMILES string of the molecule is CC(C)(C)C(=O)CN.CC(C)(C)C(=O)CN. The van der Waals surface area contributed by atoms with Gasteiger partial charge in [-0.1, -0.05) is 41.5 Å². The van der Waals surface area contributed by atoms with Crippen LogP contribution in [0.1, 0.15) is 41.5 Å². The summed E-state index contributed by atoms with van der Waals surface area (Å²) >= 11 is 0. The molecule has 0 atom stereocenters. The first-order chi connectivity index (χ1) is 6.96. The molecule has 4 heteroatoms. The number of ketones is 2. The molecular weight excluding hydrogens is 204 g/mol. The second-order valence-electron chi connectivity index (χ2n) is 5.75. The molecule has 16 heavy (non-hydrogen) atoms. The van der Waals surface area contributed by atoms with Gasteiger partial charge in [-0.05, 0) is 0 Å². The van der Waals surface area contributed by atoms with E-state index in [0.29, 0.717) is 0 Å². The van der Waals surface area contributed by atoms with E-state index in [4.69, 9.17) is 11.5 Å². The Bertz CT molecular complexity index is 208. The summed E-state index contributed by atoms with van der Waals surface area (Å²) in [7, 11) is 0. The van der Waals surface area contributed by atoms with Gasteiger partial charge in [0.05, 0.1) is 13.1 Å². The van der Waals surface area contributed by atoms with Gasteiger partial charge in [0, 0.05) is 10.8 Å². The lowest BCUT2D eigenvalue weighted by atomic mass is 9.91. The van der Waals surface area contributed by atoms with Crippen molar-refractivity contribution < 1.29 is 9.59 Å². The van der Waals surface area contributed by atoms with Crippen molar-refractivity contribution in [3.8, 4) is 0 Å². The van der Waals surface area contributed by atoms with Gasteiger partial charge in [-0.3, -0.25) is 9.59 Å². The van der Waals surface area contributed by atoms with Gasteiger partial charge in [0.2, 0.25) is 0 Å². The normalized spacial score (nSPS) is 11.5. The quantitative estimate of drug-likeness (QED) is 0.744. The second-order valence-corrected chi connectivity index (χ2v) is 5.75. The fourth-order valence-corrected chi connectivity index (χ4v) is 0.612. The highest BCUT2D eigenvalue weighted by Gasteiger charge is 2.18. The molecule has 0 rings (SSSR count). The fraction of sp³-hybridized carbons (Fsp3) is 0.833. The Labute approximate surface area is 98.8 Å². The van der Waals surface area contributed by atoms with Gasteiger partial charge < -0.3 is 11.5 Å². The molecule has 0 bridgehead atoms. The van der Waals surface area contributed by atoms with E-state index < -0.39 is 0 Å². The van der Waals surface area contributed by atoms with E-state index in [1.807, 2.05) is 41.5 Å². The molecule has 0 radical (unpaired) electrons. The predicted molar refractivity (Wildman–Crippen MR) is 67.0 cm³/mol. The van der Waals surface area contributed by atoms with E-state index in [-0.39, 0.29) is 35.5 Å². The topological polar surface area (TPSA) is 86.2 Å². The molecule has 0 aromatic carbocycles. The summed E-state index contributed by atoms with van der Waals surface area (Å²) in [6.45, 7) is 11.5. The summed E-state index contributed by atoms with van der Waals surface area (Å²) in [6, 6.07) is 0. The number of carbonyl (C=O) groups excluding carboxylic acids is 2. The third-order valence-corrected chi connectivity index (χ3v) is 2.04. The van der Waals surface area contributed by atoms with Crippen LogP contribution in [0.15, 0.2) is 0 Å². The van der Waals surface area contributed by atoms with Crippen molar-refractivity contribution >= 4 is 11.6 Å². The summed E-state index contributed by atoms with van der Waals surface area (Å²) in [5.74, 6) is 0.218. The zero-order valence-electron chi connectivity index (χ0n) is 11.4. The molecule has 0 aliphatic carbocycles. The average molecular weight is 230 g/mol. The van der Waals surface area contributed by atoms with Crippen molar-refractivity contribution in [1.82, 2.24) is 0 Å². The maximum absolute atomic E-state index is 10.7. The summed E-state index contributed by atoms with van der Waals surface area (Å²) in [4.78, 5) is 21.4. The molecule has 0 aromatic rings. The minimum atomic E-state index is -0.255. The Morgan fingerprint density at radius 1 is 0.750 bits per heavy atom. The molecule has 4 N–H and O–H groups in total. The van der Waals surface area contributed by atoms with Crippen LogP contribution in [0.4, 0.5) is 0 Å². The van der Waals surface area contributed by atoms with Crippen LogP contribution in [-0.4, -0.2) is 24.7 Å². The Morgan fingerprint density at radius 3 is 0.938 bits per heavy atom. The third kappa shape index (κ3) is 8.56. The van der Waals surface area contributed by atoms with Crippen LogP contribution in [0.25, 0.3) is 0 Å². The first-order valence-electron chi connectivity index (χ1n) is 5.43. The van der Waals surface area contributed by atoms with E-state index in [1.165, 1.54) is 0 Å². The van der Waals surface area contributed by atoms with Crippen molar-refractivity contribution in [1.29, 1.82) is 0 Å². The van der Waals surface area contributed by atoms with Crippen molar-refractivity contribution in [3.05, 3.63) is 0 Å². The van der Waals surface area contributed by atoms with Crippen molar-refractivity contribution in [2.24, 2.45) is 22.3 Å². The highest BCUT2D eigenvalue weighted by molar-refractivity contribution is 5.85. The van der Waals surface area contributed by atoms with E-state index in [0.717, 1.165) is 0 Å². The fourth-order valence-electron chi connectivity index (χ4n) is 0.612. The number of nitrogens with two attached hydrogens (primary N) is 2. The third-order valence-electron chi connectivity index (χ3n) is 2.04. The Balaban J connectivity index is 0. The average Bonchev–Trinajstić information content (AvgIpc) is 2.13. The lowest BCUT2D eigenvalue weighted by Crippen LogP contribution is -2.27. The molecule has 0 aliphatic rings. The zero-order chi connectivity index (χ0) is 13.6. The van der Waals surface area contributed by atoms with E-state index >= 15 is 0 Å². The van der Waals surface area contributed by atoms with Crippen LogP contribution >= 0.6 is 0 Å². The van der Waals surface area contributed by atoms with Crippen molar-refractivity contribution in [3.63, 3.8) is 0 Å². The molecule has 0 unspecified atom stereocenters. The summed E-state index contributed by atoms with van der Waals surface area (Å²) in [6.07, 6.45) is 0. The van der Waals surface area contributed by atoms with Gasteiger partial charge in [-0.15, -0.1) is 0 Å². The number of hydrogen-bond acceptors (Lipinski definition) is 4. The maximum Gasteiger partial charge on any atom is 0.151 e. The molecule has 0 amide bonds. The van der Waals surface area contributed by atoms with Gasteiger partial charge in [0.25, 0.3) is 0 Å². The first-order valence-corrected chi connectivity index (χ1v) is 5.43. The lowest BCUT2D eigenvalue weighted by Gasteiger charge is -2.13. The smallest absolute Gasteiger partial charge is 0.151 e. The number of Topliss-reactive ketones (excluding diaryl/α,β-unsaturated/α-hetero) is 2. The van der Waals surface area contributed by atoms with Gasteiger partial charge in [-0.25, -0.2) is 0 Å². The van der Waals surface area contributed by atoms with Gasteiger partial charge in [-0.2, -0.15) is 0 Å². The highest BCUT2D eigenvalue weighted by Crippen LogP contribution is 2.13. The molecule has 0 spiro atoms. The molecule has 0 saturated heterocycles. The number of hydrogen-bond donors (Lipinski definition) is 2. The molecule has 0 fully saturated rings. The second kappa shape index (κ2) is 6.76. The largest absolute Gasteiger partial charge is 0.324 e. The molecule has 0 saturated carbocycles. The van der Waals surface area contributed by atoms with Gasteiger partial charge in [0.15, 0.2) is 11.6 Å². The molecule has 0 aliphatic heterocycles. The minimum absolute atomic E-state index is 0.109. The summed E-state index contributed by atoms with van der Waals surface area (Å²) in [5.41, 5.74) is 9.71. The molecule has 0 aromatic heterocycles. The van der Waals surface area contributed by atoms with Crippen LogP contribution in [0.5, 0.6) is 0 Å². The first kappa shape index (κ1) is 17.6. The summed E-state index contributed by atoms with van der Waals surface area (Å²) in [5, 5.41) is 0. The lowest BCUT2D eigenvalue weighted by molar-refractivity contribution is -0.125. The van der Waals surface area contributed by atoms with Crippen LogP contribution in [-0.2, 0) is 9.59 Å². The summed E-state index contributed by atoms with van der Waals surface area (Å²) < 4.78 is 0. The van der Waals surface area contributed by atoms with E-state index in [1.54, 1.807) is 0 Å². The number of carbonyl (C=O) groups is 2.